The van der Waals surface area contributed by atoms with Gasteiger partial charge in [0.25, 0.3) is 0 Å². The summed E-state index contributed by atoms with van der Waals surface area (Å²) in [6.45, 7) is 11.7. The molecular weight excluding hydrogens is 519 g/mol. The van der Waals surface area contributed by atoms with E-state index in [4.69, 9.17) is 4.42 Å². The minimum atomic E-state index is -1.08. The Kier molecular flexibility index (Phi) is 7.05. The van der Waals surface area contributed by atoms with E-state index in [0.29, 0.717) is 15.1 Å². The SMILES string of the molecule is CC(C)C1=Cc2c(ccc3ccccc23)[CH]1[Zr+2].CC1=C2c3ccoc3C1[Si]2(C)C.[Cl-].[Cl-]. The van der Waals surface area contributed by atoms with E-state index in [1.807, 2.05) is 6.26 Å². The molecule has 3 aromatic rings. The van der Waals surface area contributed by atoms with Gasteiger partial charge in [-0.3, -0.25) is 0 Å². The van der Waals surface area contributed by atoms with E-state index in [9.17, 15) is 0 Å². The standard InChI is InChI=1S/C16H15.C10H12OSi.2ClH.Zr/c1-11(2)14-9-13-8-7-12-5-3-4-6-15(12)16(13)10-14;1-6-9-7-4-5-11-8(7)10(6)12(9,2)3;;;/h3-11H,1-2H3;4-5,10H,1-3H3;2*1H;/q;;;;+2/p-2. The first-order chi connectivity index (χ1) is 13.8. The van der Waals surface area contributed by atoms with Crippen LogP contribution < -0.4 is 24.8 Å². The molecule has 5 heteroatoms. The Hall–Kier alpha value is -0.860. The number of allylic oxidation sites excluding steroid dienone is 2. The van der Waals surface area contributed by atoms with Crippen LogP contribution in [0.15, 0.2) is 64.3 Å². The number of fused-ring (bicyclic) bond motifs is 3. The van der Waals surface area contributed by atoms with Gasteiger partial charge >= 0.3 is 118 Å². The molecule has 0 radical (unpaired) electrons. The van der Waals surface area contributed by atoms with E-state index < -0.39 is 8.07 Å². The van der Waals surface area contributed by atoms with E-state index in [1.54, 1.807) is 41.1 Å². The van der Waals surface area contributed by atoms with Crippen molar-refractivity contribution in [3.8, 4) is 0 Å². The third kappa shape index (κ3) is 3.61. The van der Waals surface area contributed by atoms with Gasteiger partial charge in [-0.2, -0.15) is 0 Å². The molecule has 3 heterocycles. The molecule has 1 nitrogen and oxygen atoms in total. The molecule has 2 aromatic carbocycles. The summed E-state index contributed by atoms with van der Waals surface area (Å²) in [4.78, 5) is 0. The topological polar surface area (TPSA) is 13.1 Å². The molecule has 159 valence electrons. The molecule has 4 aliphatic rings. The van der Waals surface area contributed by atoms with Crippen molar-refractivity contribution in [2.75, 3.05) is 0 Å². The van der Waals surface area contributed by atoms with Crippen LogP contribution in [0.3, 0.4) is 0 Å². The first kappa shape index (κ1) is 24.8. The second-order valence-corrected chi connectivity index (χ2v) is 15.4. The van der Waals surface area contributed by atoms with Crippen LogP contribution in [0.4, 0.5) is 0 Å². The Morgan fingerprint density at radius 2 is 1.71 bits per heavy atom. The number of furan rings is 1. The smallest absolute Gasteiger partial charge is 0.115 e. The molecular formula is C26H27Cl2OSiZr. The van der Waals surface area contributed by atoms with Crippen molar-refractivity contribution in [2.45, 2.75) is 43.0 Å². The summed E-state index contributed by atoms with van der Waals surface area (Å²) in [7, 11) is -1.08. The molecule has 0 spiro atoms. The Morgan fingerprint density at radius 3 is 2.35 bits per heavy atom. The van der Waals surface area contributed by atoms with Gasteiger partial charge in [0.15, 0.2) is 0 Å². The second-order valence-electron chi connectivity index (χ2n) is 9.43. The zero-order chi connectivity index (χ0) is 20.5. The summed E-state index contributed by atoms with van der Waals surface area (Å²) in [5, 5.41) is 4.43. The minimum absolute atomic E-state index is 0. The van der Waals surface area contributed by atoms with Crippen LogP contribution >= 0.6 is 0 Å². The van der Waals surface area contributed by atoms with Crippen LogP contribution in [-0.4, -0.2) is 8.07 Å². The molecule has 0 N–H and O–H groups in total. The summed E-state index contributed by atoms with van der Waals surface area (Å²) >= 11 is 1.61. The third-order valence-corrected chi connectivity index (χ3v) is 12.7. The molecule has 2 atom stereocenters. The van der Waals surface area contributed by atoms with Gasteiger partial charge in [-0.05, 0) is 18.2 Å². The predicted molar refractivity (Wildman–Crippen MR) is 121 cm³/mol. The van der Waals surface area contributed by atoms with Gasteiger partial charge < -0.3 is 29.2 Å². The Bertz CT molecular complexity index is 1210. The summed E-state index contributed by atoms with van der Waals surface area (Å²) in [6, 6.07) is 15.4. The van der Waals surface area contributed by atoms with Crippen molar-refractivity contribution in [2.24, 2.45) is 5.92 Å². The molecule has 0 saturated carbocycles. The molecule has 0 saturated heterocycles. The average molecular weight is 546 g/mol. The van der Waals surface area contributed by atoms with Crippen molar-refractivity contribution in [3.63, 3.8) is 0 Å². The summed E-state index contributed by atoms with van der Waals surface area (Å²) in [6.07, 6.45) is 4.26. The number of benzene rings is 2. The molecule has 2 unspecified atom stereocenters. The second kappa shape index (κ2) is 8.82. The Labute approximate surface area is 214 Å². The van der Waals surface area contributed by atoms with E-state index in [-0.39, 0.29) is 24.8 Å². The zero-order valence-corrected chi connectivity index (χ0v) is 23.6. The predicted octanol–water partition coefficient (Wildman–Crippen LogP) is 1.44. The monoisotopic (exact) mass is 543 g/mol. The first-order valence-corrected chi connectivity index (χ1v) is 15.0. The van der Waals surface area contributed by atoms with Crippen LogP contribution in [0, 0.1) is 5.92 Å². The normalized spacial score (nSPS) is 21.4. The quantitative estimate of drug-likeness (QED) is 0.422. The van der Waals surface area contributed by atoms with Crippen LogP contribution in [0.5, 0.6) is 0 Å². The van der Waals surface area contributed by atoms with E-state index >= 15 is 0 Å². The van der Waals surface area contributed by atoms with Gasteiger partial charge in [0.2, 0.25) is 0 Å². The maximum Gasteiger partial charge on any atom is 0.115 e. The molecule has 2 aliphatic carbocycles. The molecule has 0 fully saturated rings. The van der Waals surface area contributed by atoms with Crippen molar-refractivity contribution in [1.82, 2.24) is 0 Å². The maximum atomic E-state index is 5.53. The van der Waals surface area contributed by atoms with Crippen molar-refractivity contribution in [1.29, 1.82) is 0 Å². The summed E-state index contributed by atoms with van der Waals surface area (Å²) in [5.74, 6) is 1.92. The van der Waals surface area contributed by atoms with Crippen LogP contribution in [0.1, 0.15) is 52.4 Å². The number of halogens is 2. The van der Waals surface area contributed by atoms with Crippen LogP contribution in [0.2, 0.25) is 13.1 Å². The average Bonchev–Trinajstić information content (AvgIpc) is 3.38. The summed E-state index contributed by atoms with van der Waals surface area (Å²) < 4.78 is 6.20. The Balaban J connectivity index is 0.000000173. The van der Waals surface area contributed by atoms with Crippen molar-refractivity contribution >= 4 is 30.1 Å². The molecule has 7 rings (SSSR count). The maximum absolute atomic E-state index is 5.53. The molecule has 1 aromatic heterocycles. The Morgan fingerprint density at radius 1 is 1.00 bits per heavy atom. The van der Waals surface area contributed by atoms with E-state index in [2.05, 4.69) is 82.4 Å². The van der Waals surface area contributed by atoms with Gasteiger partial charge in [-0.1, -0.05) is 18.7 Å². The van der Waals surface area contributed by atoms with Crippen LogP contribution in [0.25, 0.3) is 22.0 Å². The van der Waals surface area contributed by atoms with Crippen molar-refractivity contribution < 1.29 is 54.0 Å². The van der Waals surface area contributed by atoms with Gasteiger partial charge in [0, 0.05) is 11.1 Å². The fourth-order valence-corrected chi connectivity index (χ4v) is 11.6. The summed E-state index contributed by atoms with van der Waals surface area (Å²) in [5.41, 5.74) is 8.32. The van der Waals surface area contributed by atoms with Gasteiger partial charge in [-0.15, -0.1) is 0 Å². The van der Waals surface area contributed by atoms with E-state index in [1.165, 1.54) is 33.2 Å². The minimum Gasteiger partial charge on any atom is -1.00 e. The van der Waals surface area contributed by atoms with Gasteiger partial charge in [0.05, 0.1) is 14.3 Å². The van der Waals surface area contributed by atoms with Crippen LogP contribution in [-0.2, 0) is 24.7 Å². The molecule has 2 bridgehead atoms. The molecule has 2 aliphatic heterocycles. The fourth-order valence-electron chi connectivity index (χ4n) is 5.75. The fraction of sp³-hybridized carbons (Fsp3) is 0.308. The molecule has 0 amide bonds. The zero-order valence-electron chi connectivity index (χ0n) is 18.6. The first-order valence-electron chi connectivity index (χ1n) is 10.6. The van der Waals surface area contributed by atoms with Gasteiger partial charge in [-0.25, -0.2) is 0 Å². The number of hydrogen-bond acceptors (Lipinski definition) is 1. The van der Waals surface area contributed by atoms with E-state index in [0.717, 1.165) is 0 Å². The molecule has 31 heavy (non-hydrogen) atoms. The number of hydrogen-bond donors (Lipinski definition) is 0. The third-order valence-electron chi connectivity index (χ3n) is 7.05. The van der Waals surface area contributed by atoms with Crippen molar-refractivity contribution in [3.05, 3.63) is 82.3 Å². The number of rotatable bonds is 1. The largest absolute Gasteiger partial charge is 1.00 e. The van der Waals surface area contributed by atoms with Gasteiger partial charge in [0.1, 0.15) is 5.76 Å².